The maximum absolute atomic E-state index is 14.5. The molecule has 0 unspecified atom stereocenters. The zero-order valence-corrected chi connectivity index (χ0v) is 39.5. The number of anilines is 1. The number of hydrogen-bond donors (Lipinski definition) is 1. The summed E-state index contributed by atoms with van der Waals surface area (Å²) in [5.74, 6) is -0.178. The molecule has 1 N–H and O–H groups in total. The van der Waals surface area contributed by atoms with Crippen LogP contribution in [0.15, 0.2) is 134 Å². The first kappa shape index (κ1) is 45.0. The number of imidazole rings is 1. The molecule has 5 aromatic carbocycles. The van der Waals surface area contributed by atoms with Crippen LogP contribution in [0.2, 0.25) is 0 Å². The van der Waals surface area contributed by atoms with E-state index in [2.05, 4.69) is 159 Å². The van der Waals surface area contributed by atoms with Gasteiger partial charge in [0.25, 0.3) is 0 Å². The van der Waals surface area contributed by atoms with E-state index >= 15 is 0 Å². The van der Waals surface area contributed by atoms with E-state index in [0.717, 1.165) is 73.3 Å². The minimum atomic E-state index is -0.516. The number of benzene rings is 5. The standard InChI is InChI=1S/C54H56FN4O.Pt/c1-13-44(34(2)58(12)42-18-15-14-16-19-42)35-24-25-56-47(29-35)37-26-36(27-38(28-37)52(3,4)5)45-20-17-21-48-50(45)57-51(46-23-22-41(55)33-49(46)60)59(48)43-31-39(53(6,7)8)30-40(32-43)54(9,10)11;/h13-25,27-33,60H,1H2,2-12H3;/q-1;/b44-34-;. The van der Waals surface area contributed by atoms with Gasteiger partial charge < -0.3 is 10.0 Å². The van der Waals surface area contributed by atoms with E-state index in [1.807, 2.05) is 42.6 Å². The molecule has 0 aliphatic rings. The van der Waals surface area contributed by atoms with Gasteiger partial charge in [0.1, 0.15) is 17.4 Å². The number of phenolic OH excluding ortho intramolecular Hbond substituents is 1. The van der Waals surface area contributed by atoms with Crippen LogP contribution in [0.3, 0.4) is 0 Å². The molecule has 7 rings (SSSR count). The van der Waals surface area contributed by atoms with Crippen molar-refractivity contribution in [1.29, 1.82) is 0 Å². The van der Waals surface area contributed by atoms with Gasteiger partial charge in [-0.05, 0) is 94.0 Å². The second-order valence-corrected chi connectivity index (χ2v) is 18.8. The number of aromatic nitrogens is 3. The van der Waals surface area contributed by atoms with Crippen LogP contribution in [0.1, 0.15) is 91.5 Å². The topological polar surface area (TPSA) is 54.2 Å². The maximum Gasteiger partial charge on any atom is 0.148 e. The van der Waals surface area contributed by atoms with Crippen LogP contribution in [0.5, 0.6) is 5.75 Å². The number of phenols is 1. The Morgan fingerprint density at radius 3 is 1.97 bits per heavy atom. The van der Waals surface area contributed by atoms with E-state index < -0.39 is 5.82 Å². The molecule has 7 aromatic rings. The van der Waals surface area contributed by atoms with Gasteiger partial charge >= 0.3 is 0 Å². The first-order chi connectivity index (χ1) is 28.2. The SMILES string of the molecule is C=C/C(=C(\C)N(C)c1ccccc1)c1ccnc(-c2[c-]c(-c3cccc4c3nc(-c3ccc(F)cc3O)n4-c3cc(C(C)(C)C)cc(C(C)(C)C)c3)cc(C(C)(C)C)c2)c1.[Pt]. The number of pyridine rings is 1. The van der Waals surface area contributed by atoms with Crippen molar-refractivity contribution >= 4 is 22.3 Å². The number of hydrogen-bond acceptors (Lipinski definition) is 4. The average Bonchev–Trinajstić information content (AvgIpc) is 3.59. The number of rotatable bonds is 8. The summed E-state index contributed by atoms with van der Waals surface area (Å²) in [6.07, 6.45) is 3.76. The van der Waals surface area contributed by atoms with Crippen LogP contribution in [0, 0.1) is 11.9 Å². The molecule has 5 nitrogen and oxygen atoms in total. The number of halogens is 1. The third-order valence-electron chi connectivity index (χ3n) is 11.4. The number of nitrogens with zero attached hydrogens (tertiary/aromatic N) is 4. The Balaban J connectivity index is 0.00000622. The Morgan fingerprint density at radius 1 is 0.738 bits per heavy atom. The fourth-order valence-corrected chi connectivity index (χ4v) is 7.59. The van der Waals surface area contributed by atoms with Gasteiger partial charge in [0, 0.05) is 63.1 Å². The summed E-state index contributed by atoms with van der Waals surface area (Å²) in [6.45, 7) is 26.2. The number of allylic oxidation sites excluding steroid dienone is 3. The van der Waals surface area contributed by atoms with Crippen molar-refractivity contribution in [3.05, 3.63) is 168 Å². The van der Waals surface area contributed by atoms with Crippen LogP contribution >= 0.6 is 0 Å². The molecule has 0 radical (unpaired) electrons. The Hall–Kier alpha value is -5.58. The first-order valence-electron chi connectivity index (χ1n) is 20.6. The van der Waals surface area contributed by atoms with Gasteiger partial charge in [0.05, 0.1) is 16.6 Å². The summed E-state index contributed by atoms with van der Waals surface area (Å²) < 4.78 is 16.6. The smallest absolute Gasteiger partial charge is 0.148 e. The predicted octanol–water partition coefficient (Wildman–Crippen LogP) is 14.0. The van der Waals surface area contributed by atoms with Gasteiger partial charge in [-0.2, -0.15) is 0 Å². The molecule has 0 spiro atoms. The monoisotopic (exact) mass is 990 g/mol. The Labute approximate surface area is 376 Å². The fourth-order valence-electron chi connectivity index (χ4n) is 7.59. The van der Waals surface area contributed by atoms with Crippen molar-refractivity contribution in [3.8, 4) is 45.2 Å². The Kier molecular flexibility index (Phi) is 12.6. The van der Waals surface area contributed by atoms with Crippen LogP contribution in [-0.4, -0.2) is 26.7 Å². The minimum absolute atomic E-state index is 0. The van der Waals surface area contributed by atoms with E-state index in [-0.39, 0.29) is 43.1 Å². The molecule has 0 bridgehead atoms. The summed E-state index contributed by atoms with van der Waals surface area (Å²) in [5.41, 5.74) is 13.5. The normalized spacial score (nSPS) is 12.5. The zero-order chi connectivity index (χ0) is 43.3. The molecule has 0 saturated heterocycles. The molecule has 7 heteroatoms. The minimum Gasteiger partial charge on any atom is -0.507 e. The number of aromatic hydroxyl groups is 1. The Bertz CT molecular complexity index is 2750. The molecule has 2 aromatic heterocycles. The van der Waals surface area contributed by atoms with E-state index in [0.29, 0.717) is 11.4 Å². The molecule has 61 heavy (non-hydrogen) atoms. The molecule has 2 heterocycles. The maximum atomic E-state index is 14.5. The van der Waals surface area contributed by atoms with E-state index in [9.17, 15) is 9.50 Å². The van der Waals surface area contributed by atoms with Crippen molar-refractivity contribution in [3.63, 3.8) is 0 Å². The van der Waals surface area contributed by atoms with Crippen molar-refractivity contribution in [2.75, 3.05) is 11.9 Å². The summed E-state index contributed by atoms with van der Waals surface area (Å²) >= 11 is 0. The quantitative estimate of drug-likeness (QED) is 0.122. The second kappa shape index (κ2) is 17.1. The van der Waals surface area contributed by atoms with Crippen molar-refractivity contribution in [2.24, 2.45) is 0 Å². The van der Waals surface area contributed by atoms with Gasteiger partial charge in [-0.15, -0.1) is 29.3 Å². The number of fused-ring (bicyclic) bond motifs is 1. The van der Waals surface area contributed by atoms with Gasteiger partial charge in [0.2, 0.25) is 0 Å². The van der Waals surface area contributed by atoms with Crippen LogP contribution in [0.4, 0.5) is 10.1 Å². The van der Waals surface area contributed by atoms with Crippen molar-refractivity contribution < 1.29 is 30.6 Å². The van der Waals surface area contributed by atoms with Crippen LogP contribution in [-0.2, 0) is 37.3 Å². The first-order valence-corrected chi connectivity index (χ1v) is 20.6. The molecular weight excluding hydrogens is 935 g/mol. The van der Waals surface area contributed by atoms with E-state index in [4.69, 9.17) is 9.97 Å². The van der Waals surface area contributed by atoms with Gasteiger partial charge in [-0.25, -0.2) is 9.37 Å². The predicted molar refractivity (Wildman–Crippen MR) is 249 cm³/mol. The molecule has 0 aliphatic heterocycles. The third kappa shape index (κ3) is 9.21. The Morgan fingerprint density at radius 2 is 1.36 bits per heavy atom. The number of para-hydroxylation sites is 2. The molecular formula is C54H56FN4OPt-. The van der Waals surface area contributed by atoms with E-state index in [1.165, 1.54) is 17.2 Å². The zero-order valence-electron chi connectivity index (χ0n) is 37.2. The fraction of sp³-hybridized carbons (Fsp3) is 0.259. The molecule has 0 saturated carbocycles. The summed E-state index contributed by atoms with van der Waals surface area (Å²) in [5, 5.41) is 11.3. The largest absolute Gasteiger partial charge is 0.507 e. The molecule has 316 valence electrons. The molecule has 0 amide bonds. The molecule has 0 fully saturated rings. The summed E-state index contributed by atoms with van der Waals surface area (Å²) in [6, 6.07) is 39.6. The van der Waals surface area contributed by atoms with Crippen molar-refractivity contribution in [1.82, 2.24) is 14.5 Å². The van der Waals surface area contributed by atoms with Crippen LogP contribution in [0.25, 0.3) is 56.1 Å². The molecule has 0 atom stereocenters. The average molecular weight is 991 g/mol. The summed E-state index contributed by atoms with van der Waals surface area (Å²) in [4.78, 5) is 12.4. The second-order valence-electron chi connectivity index (χ2n) is 18.8. The molecule has 0 aliphatic carbocycles. The van der Waals surface area contributed by atoms with Gasteiger partial charge in [-0.1, -0.05) is 129 Å². The summed E-state index contributed by atoms with van der Waals surface area (Å²) in [7, 11) is 2.07. The van der Waals surface area contributed by atoms with Crippen molar-refractivity contribution in [2.45, 2.75) is 85.5 Å². The van der Waals surface area contributed by atoms with Crippen LogP contribution < -0.4 is 4.90 Å². The van der Waals surface area contributed by atoms with E-state index in [1.54, 1.807) is 6.07 Å². The van der Waals surface area contributed by atoms with Gasteiger partial charge in [0.15, 0.2) is 0 Å². The third-order valence-corrected chi connectivity index (χ3v) is 11.4. The van der Waals surface area contributed by atoms with Gasteiger partial charge in [-0.3, -0.25) is 9.55 Å².